The molecule has 0 saturated carbocycles. The van der Waals surface area contributed by atoms with Crippen LogP contribution in [0.15, 0.2) is 47.4 Å². The molecule has 2 N–H and O–H groups in total. The number of hydrogen-bond donors (Lipinski definition) is 2. The van der Waals surface area contributed by atoms with Crippen molar-refractivity contribution < 1.29 is 17.6 Å². The average Bonchev–Trinajstić information content (AvgIpc) is 2.48. The van der Waals surface area contributed by atoms with Crippen LogP contribution in [-0.4, -0.2) is 20.7 Å². The van der Waals surface area contributed by atoms with Crippen LogP contribution in [0.5, 0.6) is 0 Å². The maximum atomic E-state index is 12.8. The van der Waals surface area contributed by atoms with Crippen molar-refractivity contribution in [3.63, 3.8) is 0 Å². The maximum Gasteiger partial charge on any atom is 0.319 e. The van der Waals surface area contributed by atoms with Gasteiger partial charge in [-0.1, -0.05) is 23.7 Å². The molecule has 0 fully saturated rings. The summed E-state index contributed by atoms with van der Waals surface area (Å²) in [4.78, 5) is 11.9. The number of rotatable bonds is 4. The average molecular weight is 357 g/mol. The van der Waals surface area contributed by atoms with Gasteiger partial charge in [-0.15, -0.1) is 0 Å². The van der Waals surface area contributed by atoms with Crippen molar-refractivity contribution in [1.29, 1.82) is 0 Å². The van der Waals surface area contributed by atoms with Gasteiger partial charge in [-0.25, -0.2) is 17.6 Å². The van der Waals surface area contributed by atoms with Gasteiger partial charge in [0.1, 0.15) is 5.82 Å². The molecule has 0 heterocycles. The second-order valence-corrected chi connectivity index (χ2v) is 7.27. The van der Waals surface area contributed by atoms with E-state index in [1.54, 1.807) is 12.1 Å². The van der Waals surface area contributed by atoms with E-state index >= 15 is 0 Å². The highest BCUT2D eigenvalue weighted by molar-refractivity contribution is 7.90. The van der Waals surface area contributed by atoms with E-state index in [0.29, 0.717) is 0 Å². The Labute approximate surface area is 138 Å². The fraction of sp³-hybridized carbons (Fsp3) is 0.133. The lowest BCUT2D eigenvalue weighted by molar-refractivity contribution is 0.251. The van der Waals surface area contributed by atoms with Gasteiger partial charge in [0.15, 0.2) is 9.84 Å². The Bertz CT molecular complexity index is 823. The van der Waals surface area contributed by atoms with Gasteiger partial charge in [-0.3, -0.25) is 0 Å². The molecule has 0 saturated heterocycles. The monoisotopic (exact) mass is 356 g/mol. The quantitative estimate of drug-likeness (QED) is 0.883. The zero-order chi connectivity index (χ0) is 17.0. The molecule has 2 amide bonds. The molecule has 8 heteroatoms. The first-order chi connectivity index (χ1) is 10.8. The normalized spacial score (nSPS) is 11.1. The summed E-state index contributed by atoms with van der Waals surface area (Å²) in [6.07, 6.45) is 1.06. The van der Waals surface area contributed by atoms with E-state index in [1.807, 2.05) is 0 Å². The van der Waals surface area contributed by atoms with E-state index in [-0.39, 0.29) is 28.0 Å². The maximum absolute atomic E-state index is 12.8. The summed E-state index contributed by atoms with van der Waals surface area (Å²) in [5, 5.41) is 5.27. The molecule has 0 aliphatic carbocycles. The number of carbonyl (C=O) groups is 1. The Morgan fingerprint density at radius 2 is 1.83 bits per heavy atom. The third kappa shape index (κ3) is 4.94. The van der Waals surface area contributed by atoms with Crippen molar-refractivity contribution in [3.8, 4) is 0 Å². The van der Waals surface area contributed by atoms with Crippen LogP contribution < -0.4 is 10.6 Å². The standard InChI is InChI=1S/C15H14ClFN2O3S/c1-23(21,22)12-6-7-13(16)14(8-12)19-15(20)18-9-10-2-4-11(17)5-3-10/h2-8H,9H2,1H3,(H2,18,19,20). The first-order valence-corrected chi connectivity index (χ1v) is 8.81. The van der Waals surface area contributed by atoms with Crippen molar-refractivity contribution in [2.24, 2.45) is 0 Å². The number of nitrogens with one attached hydrogen (secondary N) is 2. The number of anilines is 1. The zero-order valence-corrected chi connectivity index (χ0v) is 13.7. The van der Waals surface area contributed by atoms with Gasteiger partial charge in [0, 0.05) is 12.8 Å². The van der Waals surface area contributed by atoms with E-state index in [1.165, 1.54) is 30.3 Å². The second kappa shape index (κ2) is 6.97. The van der Waals surface area contributed by atoms with Crippen molar-refractivity contribution in [1.82, 2.24) is 5.32 Å². The van der Waals surface area contributed by atoms with Crippen LogP contribution in [-0.2, 0) is 16.4 Å². The lowest BCUT2D eigenvalue weighted by Gasteiger charge is -2.10. The fourth-order valence-electron chi connectivity index (χ4n) is 1.78. The second-order valence-electron chi connectivity index (χ2n) is 4.85. The summed E-state index contributed by atoms with van der Waals surface area (Å²) < 4.78 is 35.8. The van der Waals surface area contributed by atoms with Crippen LogP contribution in [0.1, 0.15) is 5.56 Å². The molecule has 2 rings (SSSR count). The molecule has 0 spiro atoms. The van der Waals surface area contributed by atoms with Crippen molar-refractivity contribution in [2.45, 2.75) is 11.4 Å². The molecule has 2 aromatic carbocycles. The number of halogens is 2. The molecule has 5 nitrogen and oxygen atoms in total. The Morgan fingerprint density at radius 1 is 1.17 bits per heavy atom. The third-order valence-electron chi connectivity index (χ3n) is 2.98. The fourth-order valence-corrected chi connectivity index (χ4v) is 2.59. The molecule has 23 heavy (non-hydrogen) atoms. The van der Waals surface area contributed by atoms with E-state index in [9.17, 15) is 17.6 Å². The summed E-state index contributed by atoms with van der Waals surface area (Å²) in [7, 11) is -3.40. The zero-order valence-electron chi connectivity index (χ0n) is 12.1. The Kier molecular flexibility index (Phi) is 5.23. The van der Waals surface area contributed by atoms with Crippen LogP contribution in [0.3, 0.4) is 0 Å². The summed E-state index contributed by atoms with van der Waals surface area (Å²) in [5.41, 5.74) is 0.906. The van der Waals surface area contributed by atoms with E-state index in [2.05, 4.69) is 10.6 Å². The van der Waals surface area contributed by atoms with Gasteiger partial charge in [0.25, 0.3) is 0 Å². The number of carbonyl (C=O) groups excluding carboxylic acids is 1. The molecule has 2 aromatic rings. The first-order valence-electron chi connectivity index (χ1n) is 6.54. The van der Waals surface area contributed by atoms with E-state index in [0.717, 1.165) is 11.8 Å². The summed E-state index contributed by atoms with van der Waals surface area (Å²) >= 11 is 5.95. The molecule has 0 aliphatic rings. The molecule has 0 atom stereocenters. The van der Waals surface area contributed by atoms with Crippen molar-refractivity contribution >= 4 is 33.2 Å². The van der Waals surface area contributed by atoms with E-state index < -0.39 is 15.9 Å². The molecule has 0 unspecified atom stereocenters. The lowest BCUT2D eigenvalue weighted by atomic mass is 10.2. The van der Waals surface area contributed by atoms with Gasteiger partial charge in [-0.05, 0) is 35.9 Å². The molecule has 0 bridgehead atoms. The molecular weight excluding hydrogens is 343 g/mol. The SMILES string of the molecule is CS(=O)(=O)c1ccc(Cl)c(NC(=O)NCc2ccc(F)cc2)c1. The summed E-state index contributed by atoms with van der Waals surface area (Å²) in [6, 6.07) is 9.17. The number of sulfone groups is 1. The van der Waals surface area contributed by atoms with E-state index in [4.69, 9.17) is 11.6 Å². The lowest BCUT2D eigenvalue weighted by Crippen LogP contribution is -2.28. The van der Waals surface area contributed by atoms with Crippen LogP contribution in [0.2, 0.25) is 5.02 Å². The topological polar surface area (TPSA) is 75.3 Å². The first kappa shape index (κ1) is 17.2. The smallest absolute Gasteiger partial charge is 0.319 e. The number of urea groups is 1. The largest absolute Gasteiger partial charge is 0.334 e. The van der Waals surface area contributed by atoms with Crippen LogP contribution in [0.4, 0.5) is 14.9 Å². The molecule has 0 aromatic heterocycles. The Morgan fingerprint density at radius 3 is 2.43 bits per heavy atom. The minimum absolute atomic E-state index is 0.0516. The molecule has 0 radical (unpaired) electrons. The highest BCUT2D eigenvalue weighted by atomic mass is 35.5. The number of hydrogen-bond acceptors (Lipinski definition) is 3. The van der Waals surface area contributed by atoms with Gasteiger partial charge >= 0.3 is 6.03 Å². The van der Waals surface area contributed by atoms with Crippen molar-refractivity contribution in [2.75, 3.05) is 11.6 Å². The highest BCUT2D eigenvalue weighted by Gasteiger charge is 2.12. The number of amides is 2. The Balaban J connectivity index is 2.04. The minimum atomic E-state index is -3.40. The van der Waals surface area contributed by atoms with Gasteiger partial charge in [-0.2, -0.15) is 0 Å². The van der Waals surface area contributed by atoms with Gasteiger partial charge in [0.2, 0.25) is 0 Å². The van der Waals surface area contributed by atoms with Gasteiger partial charge < -0.3 is 10.6 Å². The van der Waals surface area contributed by atoms with Crippen LogP contribution in [0, 0.1) is 5.82 Å². The van der Waals surface area contributed by atoms with Crippen LogP contribution >= 0.6 is 11.6 Å². The highest BCUT2D eigenvalue weighted by Crippen LogP contribution is 2.25. The molecule has 0 aliphatic heterocycles. The summed E-state index contributed by atoms with van der Waals surface area (Å²) in [6.45, 7) is 0.190. The molecule has 122 valence electrons. The van der Waals surface area contributed by atoms with Gasteiger partial charge in [0.05, 0.1) is 15.6 Å². The summed E-state index contributed by atoms with van der Waals surface area (Å²) in [5.74, 6) is -0.359. The number of benzene rings is 2. The minimum Gasteiger partial charge on any atom is -0.334 e. The predicted molar refractivity (Wildman–Crippen MR) is 86.8 cm³/mol. The predicted octanol–water partition coefficient (Wildman–Crippen LogP) is 3.20. The third-order valence-corrected chi connectivity index (χ3v) is 4.42. The van der Waals surface area contributed by atoms with Crippen LogP contribution in [0.25, 0.3) is 0 Å². The Hall–Kier alpha value is -2.12. The van der Waals surface area contributed by atoms with Crippen molar-refractivity contribution in [3.05, 3.63) is 58.9 Å². The molecular formula is C15H14ClFN2O3S.